The standard InChI is InChI=1S/C14H14ClN3/c15-13-11-7-6-10(9-4-2-1-3-5-9)8-12(11)17-14(16)18-13/h1-5,10H,6-8H2,(H2,16,17,18). The molecule has 1 aromatic carbocycles. The summed E-state index contributed by atoms with van der Waals surface area (Å²) in [6.45, 7) is 0. The Morgan fingerprint density at radius 3 is 2.72 bits per heavy atom. The highest BCUT2D eigenvalue weighted by Crippen LogP contribution is 2.34. The Hall–Kier alpha value is -1.61. The van der Waals surface area contributed by atoms with Crippen molar-refractivity contribution in [2.45, 2.75) is 25.2 Å². The summed E-state index contributed by atoms with van der Waals surface area (Å²) in [5, 5.41) is 0.518. The van der Waals surface area contributed by atoms with E-state index in [1.165, 1.54) is 5.56 Å². The molecule has 3 nitrogen and oxygen atoms in total. The Morgan fingerprint density at radius 2 is 1.94 bits per heavy atom. The second-order valence-corrected chi connectivity index (χ2v) is 5.01. The number of aromatic nitrogens is 2. The van der Waals surface area contributed by atoms with E-state index < -0.39 is 0 Å². The number of hydrogen-bond donors (Lipinski definition) is 1. The first-order valence-corrected chi connectivity index (χ1v) is 6.47. The van der Waals surface area contributed by atoms with Crippen LogP contribution >= 0.6 is 11.6 Å². The molecule has 1 atom stereocenters. The van der Waals surface area contributed by atoms with E-state index in [2.05, 4.69) is 34.2 Å². The number of nitrogen functional groups attached to an aromatic ring is 1. The van der Waals surface area contributed by atoms with Gasteiger partial charge in [0.05, 0.1) is 5.69 Å². The lowest BCUT2D eigenvalue weighted by molar-refractivity contribution is 0.571. The molecular formula is C14H14ClN3. The van der Waals surface area contributed by atoms with Gasteiger partial charge in [-0.15, -0.1) is 0 Å². The number of nitrogens with two attached hydrogens (primary N) is 1. The molecular weight excluding hydrogens is 246 g/mol. The summed E-state index contributed by atoms with van der Waals surface area (Å²) in [7, 11) is 0. The summed E-state index contributed by atoms with van der Waals surface area (Å²) in [5.41, 5.74) is 9.09. The third-order valence-electron chi connectivity index (χ3n) is 3.51. The van der Waals surface area contributed by atoms with Gasteiger partial charge in [-0.1, -0.05) is 41.9 Å². The van der Waals surface area contributed by atoms with Crippen molar-refractivity contribution in [3.63, 3.8) is 0 Å². The summed E-state index contributed by atoms with van der Waals surface area (Å²) in [4.78, 5) is 8.35. The fourth-order valence-corrected chi connectivity index (χ4v) is 2.89. The quantitative estimate of drug-likeness (QED) is 0.801. The van der Waals surface area contributed by atoms with Crippen LogP contribution in [0.2, 0.25) is 5.15 Å². The molecule has 1 unspecified atom stereocenters. The van der Waals surface area contributed by atoms with Gasteiger partial charge in [-0.2, -0.15) is 0 Å². The molecule has 1 aliphatic carbocycles. The van der Waals surface area contributed by atoms with E-state index in [4.69, 9.17) is 17.3 Å². The van der Waals surface area contributed by atoms with E-state index in [0.29, 0.717) is 11.1 Å². The van der Waals surface area contributed by atoms with Crippen LogP contribution in [0.4, 0.5) is 5.95 Å². The van der Waals surface area contributed by atoms with E-state index in [1.54, 1.807) is 0 Å². The summed E-state index contributed by atoms with van der Waals surface area (Å²) >= 11 is 6.11. The molecule has 18 heavy (non-hydrogen) atoms. The van der Waals surface area contributed by atoms with Crippen LogP contribution < -0.4 is 5.73 Å². The minimum atomic E-state index is 0.271. The van der Waals surface area contributed by atoms with Crippen LogP contribution in [-0.4, -0.2) is 9.97 Å². The molecule has 1 heterocycles. The van der Waals surface area contributed by atoms with E-state index >= 15 is 0 Å². The maximum Gasteiger partial charge on any atom is 0.221 e. The van der Waals surface area contributed by atoms with E-state index in [9.17, 15) is 0 Å². The zero-order valence-corrected chi connectivity index (χ0v) is 10.7. The van der Waals surface area contributed by atoms with Crippen LogP contribution in [0, 0.1) is 0 Å². The molecule has 0 aliphatic heterocycles. The molecule has 0 saturated heterocycles. The molecule has 2 N–H and O–H groups in total. The van der Waals surface area contributed by atoms with Gasteiger partial charge in [-0.25, -0.2) is 9.97 Å². The number of hydrogen-bond acceptors (Lipinski definition) is 3. The molecule has 4 heteroatoms. The Morgan fingerprint density at radius 1 is 1.17 bits per heavy atom. The van der Waals surface area contributed by atoms with Crippen molar-refractivity contribution in [1.82, 2.24) is 9.97 Å². The van der Waals surface area contributed by atoms with E-state index in [0.717, 1.165) is 30.5 Å². The zero-order chi connectivity index (χ0) is 12.5. The van der Waals surface area contributed by atoms with Gasteiger partial charge in [0, 0.05) is 5.56 Å². The van der Waals surface area contributed by atoms with Crippen molar-refractivity contribution >= 4 is 17.5 Å². The van der Waals surface area contributed by atoms with Gasteiger partial charge in [0.25, 0.3) is 0 Å². The SMILES string of the molecule is Nc1nc(Cl)c2c(n1)CC(c1ccccc1)CC2. The summed E-state index contributed by atoms with van der Waals surface area (Å²) in [5.74, 6) is 0.775. The van der Waals surface area contributed by atoms with Crippen molar-refractivity contribution in [2.75, 3.05) is 5.73 Å². The number of nitrogens with zero attached hydrogens (tertiary/aromatic N) is 2. The van der Waals surface area contributed by atoms with Crippen molar-refractivity contribution in [2.24, 2.45) is 0 Å². The molecule has 3 rings (SSSR count). The van der Waals surface area contributed by atoms with Crippen molar-refractivity contribution < 1.29 is 0 Å². The average Bonchev–Trinajstić information content (AvgIpc) is 2.39. The van der Waals surface area contributed by atoms with Crippen molar-refractivity contribution in [3.05, 3.63) is 52.3 Å². The third-order valence-corrected chi connectivity index (χ3v) is 3.83. The van der Waals surface area contributed by atoms with Crippen LogP contribution in [0.1, 0.15) is 29.2 Å². The first-order valence-electron chi connectivity index (χ1n) is 6.10. The lowest BCUT2D eigenvalue weighted by Crippen LogP contribution is -2.16. The zero-order valence-electron chi connectivity index (χ0n) is 9.94. The van der Waals surface area contributed by atoms with Crippen LogP contribution in [0.3, 0.4) is 0 Å². The third kappa shape index (κ3) is 2.06. The monoisotopic (exact) mass is 259 g/mol. The van der Waals surface area contributed by atoms with Gasteiger partial charge in [-0.3, -0.25) is 0 Å². The Balaban J connectivity index is 1.94. The number of rotatable bonds is 1. The number of halogens is 1. The molecule has 0 radical (unpaired) electrons. The lowest BCUT2D eigenvalue weighted by atomic mass is 9.83. The molecule has 0 spiro atoms. The summed E-state index contributed by atoms with van der Waals surface area (Å²) in [6, 6.07) is 10.5. The predicted molar refractivity (Wildman–Crippen MR) is 72.7 cm³/mol. The van der Waals surface area contributed by atoms with Gasteiger partial charge in [-0.05, 0) is 30.7 Å². The fourth-order valence-electron chi connectivity index (χ4n) is 2.60. The maximum absolute atomic E-state index is 6.11. The largest absolute Gasteiger partial charge is 0.368 e. The van der Waals surface area contributed by atoms with Gasteiger partial charge >= 0.3 is 0 Å². The van der Waals surface area contributed by atoms with E-state index in [1.807, 2.05) is 6.07 Å². The lowest BCUT2D eigenvalue weighted by Gasteiger charge is -2.24. The van der Waals surface area contributed by atoms with E-state index in [-0.39, 0.29) is 5.95 Å². The molecule has 1 aliphatic rings. The van der Waals surface area contributed by atoms with Gasteiger partial charge < -0.3 is 5.73 Å². The van der Waals surface area contributed by atoms with Crippen LogP contribution in [0.25, 0.3) is 0 Å². The molecule has 0 saturated carbocycles. The first-order chi connectivity index (χ1) is 8.74. The second kappa shape index (κ2) is 4.58. The molecule has 2 aromatic rings. The second-order valence-electron chi connectivity index (χ2n) is 4.65. The Labute approximate surface area is 111 Å². The average molecular weight is 260 g/mol. The number of anilines is 1. The molecule has 92 valence electrons. The topological polar surface area (TPSA) is 51.8 Å². The van der Waals surface area contributed by atoms with Gasteiger partial charge in [0.1, 0.15) is 5.15 Å². The smallest absolute Gasteiger partial charge is 0.221 e. The van der Waals surface area contributed by atoms with Crippen LogP contribution in [0.15, 0.2) is 30.3 Å². The molecule has 0 bridgehead atoms. The first kappa shape index (κ1) is 11.5. The minimum Gasteiger partial charge on any atom is -0.368 e. The number of fused-ring (bicyclic) bond motifs is 1. The van der Waals surface area contributed by atoms with Gasteiger partial charge in [0.2, 0.25) is 5.95 Å². The normalized spacial score (nSPS) is 18.4. The molecule has 1 aromatic heterocycles. The van der Waals surface area contributed by atoms with Gasteiger partial charge in [0.15, 0.2) is 0 Å². The molecule has 0 fully saturated rings. The molecule has 0 amide bonds. The highest BCUT2D eigenvalue weighted by Gasteiger charge is 2.23. The summed E-state index contributed by atoms with van der Waals surface area (Å²) in [6.07, 6.45) is 2.91. The number of benzene rings is 1. The fraction of sp³-hybridized carbons (Fsp3) is 0.286. The maximum atomic E-state index is 6.11. The highest BCUT2D eigenvalue weighted by atomic mass is 35.5. The highest BCUT2D eigenvalue weighted by molar-refractivity contribution is 6.30. The Kier molecular flexibility index (Phi) is 2.92. The Bertz CT molecular complexity index is 569. The summed E-state index contributed by atoms with van der Waals surface area (Å²) < 4.78 is 0. The van der Waals surface area contributed by atoms with Crippen LogP contribution in [-0.2, 0) is 12.8 Å². The minimum absolute atomic E-state index is 0.271. The van der Waals surface area contributed by atoms with Crippen molar-refractivity contribution in [3.8, 4) is 0 Å². The predicted octanol–water partition coefficient (Wildman–Crippen LogP) is 2.98. The van der Waals surface area contributed by atoms with Crippen LogP contribution in [0.5, 0.6) is 0 Å². The van der Waals surface area contributed by atoms with Crippen molar-refractivity contribution in [1.29, 1.82) is 0 Å².